The van der Waals surface area contributed by atoms with E-state index in [4.69, 9.17) is 5.84 Å². The molecule has 2 rings (SSSR count). The molecule has 0 aliphatic heterocycles. The van der Waals surface area contributed by atoms with Crippen molar-refractivity contribution < 1.29 is 0 Å². The number of thioether (sulfide) groups is 1. The molecule has 106 valence electrons. The lowest BCUT2D eigenvalue weighted by Crippen LogP contribution is -2.39. The lowest BCUT2D eigenvalue weighted by Gasteiger charge is -2.18. The zero-order valence-electron chi connectivity index (χ0n) is 12.1. The number of nitrogens with one attached hydrogen (secondary N) is 1. The van der Waals surface area contributed by atoms with E-state index in [1.54, 1.807) is 0 Å². The third kappa shape index (κ3) is 4.51. The van der Waals surface area contributed by atoms with Crippen LogP contribution < -0.4 is 11.3 Å². The van der Waals surface area contributed by atoms with Crippen molar-refractivity contribution in [3.8, 4) is 0 Å². The summed E-state index contributed by atoms with van der Waals surface area (Å²) in [4.78, 5) is 0. The summed E-state index contributed by atoms with van der Waals surface area (Å²) < 4.78 is 0. The van der Waals surface area contributed by atoms with Crippen molar-refractivity contribution in [3.05, 3.63) is 34.9 Å². The van der Waals surface area contributed by atoms with E-state index in [0.29, 0.717) is 6.04 Å². The Morgan fingerprint density at radius 2 is 2.00 bits per heavy atom. The van der Waals surface area contributed by atoms with Crippen LogP contribution in [0.1, 0.15) is 42.4 Å². The molecule has 0 radical (unpaired) electrons. The fourth-order valence-corrected chi connectivity index (χ4v) is 4.07. The minimum absolute atomic E-state index is 0.382. The summed E-state index contributed by atoms with van der Waals surface area (Å²) in [5.74, 6) is 6.83. The van der Waals surface area contributed by atoms with Crippen LogP contribution in [0.25, 0.3) is 0 Å². The van der Waals surface area contributed by atoms with E-state index in [1.807, 2.05) is 0 Å². The standard InChI is InChI=1S/C16H26N2S/c1-12-7-8-14(9-13(12)2)10-15(18-17)11-19-16-5-3-4-6-16/h7-9,15-16,18H,3-6,10-11,17H2,1-2H3. The monoisotopic (exact) mass is 278 g/mol. The van der Waals surface area contributed by atoms with E-state index in [0.717, 1.165) is 17.4 Å². The van der Waals surface area contributed by atoms with Crippen molar-refractivity contribution in [1.29, 1.82) is 0 Å². The molecule has 1 aliphatic rings. The minimum atomic E-state index is 0.382. The number of aryl methyl sites for hydroxylation is 2. The number of hydrazine groups is 1. The summed E-state index contributed by atoms with van der Waals surface area (Å²) >= 11 is 2.10. The fourth-order valence-electron chi connectivity index (χ4n) is 2.69. The predicted octanol–water partition coefficient (Wildman–Crippen LogP) is 3.35. The van der Waals surface area contributed by atoms with Crippen LogP contribution in [0.2, 0.25) is 0 Å². The largest absolute Gasteiger partial charge is 0.271 e. The number of hydrogen-bond acceptors (Lipinski definition) is 3. The summed E-state index contributed by atoms with van der Waals surface area (Å²) in [5, 5.41) is 0.871. The van der Waals surface area contributed by atoms with Crippen molar-refractivity contribution >= 4 is 11.8 Å². The highest BCUT2D eigenvalue weighted by Gasteiger charge is 2.17. The first kappa shape index (κ1) is 14.9. The smallest absolute Gasteiger partial charge is 0.0341 e. The van der Waals surface area contributed by atoms with Crippen LogP contribution in [-0.2, 0) is 6.42 Å². The fraction of sp³-hybridized carbons (Fsp3) is 0.625. The predicted molar refractivity (Wildman–Crippen MR) is 85.4 cm³/mol. The van der Waals surface area contributed by atoms with Crippen molar-refractivity contribution in [3.63, 3.8) is 0 Å². The zero-order chi connectivity index (χ0) is 13.7. The molecule has 1 unspecified atom stereocenters. The van der Waals surface area contributed by atoms with Gasteiger partial charge < -0.3 is 0 Å². The first-order valence-corrected chi connectivity index (χ1v) is 8.38. The molecule has 0 heterocycles. The van der Waals surface area contributed by atoms with E-state index in [-0.39, 0.29) is 0 Å². The van der Waals surface area contributed by atoms with Crippen LogP contribution in [0.4, 0.5) is 0 Å². The Labute approximate surface area is 121 Å². The number of rotatable bonds is 6. The molecule has 0 bridgehead atoms. The maximum atomic E-state index is 5.71. The summed E-state index contributed by atoms with van der Waals surface area (Å²) in [6.07, 6.45) is 6.64. The topological polar surface area (TPSA) is 38.0 Å². The molecule has 1 aromatic carbocycles. The molecule has 2 nitrogen and oxygen atoms in total. The quantitative estimate of drug-likeness (QED) is 0.619. The first-order chi connectivity index (χ1) is 9.19. The normalized spacial score (nSPS) is 17.8. The summed E-state index contributed by atoms with van der Waals surface area (Å²) in [5.41, 5.74) is 7.11. The van der Waals surface area contributed by atoms with Gasteiger partial charge in [0, 0.05) is 17.0 Å². The van der Waals surface area contributed by atoms with Gasteiger partial charge in [-0.05, 0) is 49.8 Å². The second-order valence-electron chi connectivity index (χ2n) is 5.73. The van der Waals surface area contributed by atoms with Gasteiger partial charge in [-0.15, -0.1) is 0 Å². The van der Waals surface area contributed by atoms with Crippen LogP contribution >= 0.6 is 11.8 Å². The molecule has 1 aromatic rings. The van der Waals surface area contributed by atoms with Crippen LogP contribution in [-0.4, -0.2) is 17.0 Å². The Balaban J connectivity index is 1.85. The maximum absolute atomic E-state index is 5.71. The van der Waals surface area contributed by atoms with Gasteiger partial charge in [-0.3, -0.25) is 11.3 Å². The van der Waals surface area contributed by atoms with Crippen LogP contribution in [0.5, 0.6) is 0 Å². The van der Waals surface area contributed by atoms with E-state index >= 15 is 0 Å². The Hall–Kier alpha value is -0.510. The summed E-state index contributed by atoms with van der Waals surface area (Å²) in [7, 11) is 0. The molecule has 0 aromatic heterocycles. The van der Waals surface area contributed by atoms with E-state index in [9.17, 15) is 0 Å². The van der Waals surface area contributed by atoms with Gasteiger partial charge in [-0.25, -0.2) is 0 Å². The average Bonchev–Trinajstić information content (AvgIpc) is 2.92. The molecule has 0 spiro atoms. The second-order valence-corrected chi connectivity index (χ2v) is 7.06. The van der Waals surface area contributed by atoms with Crippen LogP contribution in [0.15, 0.2) is 18.2 Å². The number of hydrogen-bond donors (Lipinski definition) is 2. The van der Waals surface area contributed by atoms with Crippen LogP contribution in [0.3, 0.4) is 0 Å². The molecule has 19 heavy (non-hydrogen) atoms. The second kappa shape index (κ2) is 7.32. The van der Waals surface area contributed by atoms with Gasteiger partial charge in [-0.2, -0.15) is 11.8 Å². The Morgan fingerprint density at radius 3 is 2.63 bits per heavy atom. The Bertz CT molecular complexity index is 400. The van der Waals surface area contributed by atoms with Gasteiger partial charge in [0.15, 0.2) is 0 Å². The third-order valence-electron chi connectivity index (χ3n) is 4.12. The lowest BCUT2D eigenvalue weighted by atomic mass is 10.0. The highest BCUT2D eigenvalue weighted by Crippen LogP contribution is 2.30. The molecule has 1 aliphatic carbocycles. The van der Waals surface area contributed by atoms with E-state index in [1.165, 1.54) is 42.4 Å². The molecular weight excluding hydrogens is 252 g/mol. The maximum Gasteiger partial charge on any atom is 0.0341 e. The molecule has 1 atom stereocenters. The number of nitrogens with two attached hydrogens (primary N) is 1. The highest BCUT2D eigenvalue weighted by molar-refractivity contribution is 7.99. The van der Waals surface area contributed by atoms with Crippen molar-refractivity contribution in [2.24, 2.45) is 5.84 Å². The third-order valence-corrected chi connectivity index (χ3v) is 5.66. The van der Waals surface area contributed by atoms with Crippen LogP contribution in [0, 0.1) is 13.8 Å². The molecule has 3 N–H and O–H groups in total. The molecular formula is C16H26N2S. The van der Waals surface area contributed by atoms with Gasteiger partial charge in [0.2, 0.25) is 0 Å². The van der Waals surface area contributed by atoms with E-state index < -0.39 is 0 Å². The molecule has 1 fully saturated rings. The Morgan fingerprint density at radius 1 is 1.26 bits per heavy atom. The Kier molecular flexibility index (Phi) is 5.74. The molecule has 0 amide bonds. The van der Waals surface area contributed by atoms with E-state index in [2.05, 4.69) is 49.2 Å². The van der Waals surface area contributed by atoms with Gasteiger partial charge in [0.1, 0.15) is 0 Å². The summed E-state index contributed by atoms with van der Waals surface area (Å²) in [6.45, 7) is 4.34. The molecule has 3 heteroatoms. The minimum Gasteiger partial charge on any atom is -0.271 e. The number of benzene rings is 1. The van der Waals surface area contributed by atoms with Gasteiger partial charge in [0.05, 0.1) is 0 Å². The van der Waals surface area contributed by atoms with Gasteiger partial charge >= 0.3 is 0 Å². The molecule has 1 saturated carbocycles. The SMILES string of the molecule is Cc1ccc(CC(CSC2CCCC2)NN)cc1C. The lowest BCUT2D eigenvalue weighted by molar-refractivity contribution is 0.574. The first-order valence-electron chi connectivity index (χ1n) is 7.33. The summed E-state index contributed by atoms with van der Waals surface area (Å²) in [6, 6.07) is 7.11. The average molecular weight is 278 g/mol. The highest BCUT2D eigenvalue weighted by atomic mass is 32.2. The van der Waals surface area contributed by atoms with Gasteiger partial charge in [0.25, 0.3) is 0 Å². The van der Waals surface area contributed by atoms with Crippen molar-refractivity contribution in [1.82, 2.24) is 5.43 Å². The van der Waals surface area contributed by atoms with Gasteiger partial charge in [-0.1, -0.05) is 31.0 Å². The van der Waals surface area contributed by atoms with Crippen molar-refractivity contribution in [2.45, 2.75) is 57.2 Å². The molecule has 0 saturated heterocycles. The zero-order valence-corrected chi connectivity index (χ0v) is 12.9. The van der Waals surface area contributed by atoms with Crippen molar-refractivity contribution in [2.75, 3.05) is 5.75 Å².